The largest absolute Gasteiger partial charge is 0.481 e. The molecule has 2 aromatic rings. The van der Waals surface area contributed by atoms with Crippen LogP contribution in [0.4, 0.5) is 10.6 Å². The number of hydrogen-bond acceptors (Lipinski definition) is 8. The number of aromatic nitrogens is 2. The highest BCUT2D eigenvalue weighted by Gasteiger charge is 2.60. The van der Waals surface area contributed by atoms with Crippen molar-refractivity contribution in [3.05, 3.63) is 42.1 Å². The third-order valence-corrected chi connectivity index (χ3v) is 8.28. The smallest absolute Gasteiger partial charge is 0.409 e. The minimum Gasteiger partial charge on any atom is -0.481 e. The highest BCUT2D eigenvalue weighted by molar-refractivity contribution is 5.97. The van der Waals surface area contributed by atoms with E-state index in [1.807, 2.05) is 56.0 Å². The van der Waals surface area contributed by atoms with E-state index < -0.39 is 17.9 Å². The fourth-order valence-corrected chi connectivity index (χ4v) is 5.82. The van der Waals surface area contributed by atoms with Gasteiger partial charge in [0.1, 0.15) is 17.6 Å². The Morgan fingerprint density at radius 3 is 2.24 bits per heavy atom. The number of hydrogen-bond donors (Lipinski definition) is 2. The molecule has 5 rings (SSSR count). The van der Waals surface area contributed by atoms with E-state index in [2.05, 4.69) is 10.3 Å². The van der Waals surface area contributed by atoms with Crippen LogP contribution in [0.15, 0.2) is 36.4 Å². The molecule has 224 valence electrons. The number of amides is 3. The van der Waals surface area contributed by atoms with Crippen LogP contribution in [0.2, 0.25) is 0 Å². The van der Waals surface area contributed by atoms with Crippen LogP contribution in [-0.4, -0.2) is 101 Å². The number of carbonyl (C=O) groups excluding carboxylic acids is 3. The van der Waals surface area contributed by atoms with Gasteiger partial charge in [0.15, 0.2) is 5.82 Å². The molecule has 3 fully saturated rings. The zero-order chi connectivity index (χ0) is 30.0. The Hall–Kier alpha value is -4.22. The first-order chi connectivity index (χ1) is 20.2. The summed E-state index contributed by atoms with van der Waals surface area (Å²) in [5.41, 5.74) is 0.879. The maximum absolute atomic E-state index is 13.6. The quantitative estimate of drug-likeness (QED) is 0.458. The van der Waals surface area contributed by atoms with Gasteiger partial charge in [0, 0.05) is 50.9 Å². The minimum atomic E-state index is -0.787. The second kappa shape index (κ2) is 12.3. The predicted molar refractivity (Wildman–Crippen MR) is 154 cm³/mol. The molecule has 1 saturated carbocycles. The van der Waals surface area contributed by atoms with Gasteiger partial charge in [0.2, 0.25) is 5.91 Å². The highest BCUT2D eigenvalue weighted by Crippen LogP contribution is 2.52. The number of nitrogens with one attached hydrogen (secondary N) is 1. The molecular formula is C30H38N6O6. The Balaban J connectivity index is 1.31. The summed E-state index contributed by atoms with van der Waals surface area (Å²) in [5, 5.41) is 12.3. The van der Waals surface area contributed by atoms with Gasteiger partial charge in [-0.05, 0) is 24.2 Å². The molecule has 3 heterocycles. The third kappa shape index (κ3) is 6.17. The number of fused-ring (bicyclic) bond motifs is 1. The van der Waals surface area contributed by atoms with Crippen molar-refractivity contribution in [1.29, 1.82) is 0 Å². The van der Waals surface area contributed by atoms with Gasteiger partial charge in [-0.2, -0.15) is 0 Å². The number of carbonyl (C=O) groups is 4. The van der Waals surface area contributed by atoms with E-state index in [0.717, 1.165) is 12.0 Å². The molecule has 1 aromatic carbocycles. The van der Waals surface area contributed by atoms with Gasteiger partial charge in [-0.15, -0.1) is 0 Å². The number of carboxylic acids is 1. The number of nitrogens with zero attached hydrogens (tertiary/aromatic N) is 5. The van der Waals surface area contributed by atoms with Gasteiger partial charge in [-0.3, -0.25) is 14.4 Å². The van der Waals surface area contributed by atoms with Crippen molar-refractivity contribution in [3.8, 4) is 11.4 Å². The van der Waals surface area contributed by atoms with Crippen molar-refractivity contribution in [2.24, 2.45) is 23.7 Å². The van der Waals surface area contributed by atoms with Gasteiger partial charge in [-0.25, -0.2) is 14.8 Å². The van der Waals surface area contributed by atoms with E-state index in [0.29, 0.717) is 57.5 Å². The second-order valence-corrected chi connectivity index (χ2v) is 11.5. The number of rotatable bonds is 9. The highest BCUT2D eigenvalue weighted by atomic mass is 16.6. The lowest BCUT2D eigenvalue weighted by atomic mass is 10.0. The van der Waals surface area contributed by atoms with Gasteiger partial charge < -0.3 is 29.9 Å². The molecule has 0 spiro atoms. The van der Waals surface area contributed by atoms with Gasteiger partial charge in [0.25, 0.3) is 5.91 Å². The van der Waals surface area contributed by atoms with Crippen molar-refractivity contribution in [2.75, 3.05) is 50.8 Å². The molecule has 2 aliphatic heterocycles. The summed E-state index contributed by atoms with van der Waals surface area (Å²) in [6, 6.07) is 10.2. The fourth-order valence-electron chi connectivity index (χ4n) is 5.82. The number of piperidine rings is 1. The van der Waals surface area contributed by atoms with Crippen LogP contribution < -0.4 is 10.2 Å². The number of carboxylic acid groups (broad SMARTS) is 1. The van der Waals surface area contributed by atoms with Crippen LogP contribution in [0.3, 0.4) is 0 Å². The van der Waals surface area contributed by atoms with E-state index in [1.165, 1.54) is 0 Å². The van der Waals surface area contributed by atoms with E-state index in [-0.39, 0.29) is 41.4 Å². The van der Waals surface area contributed by atoms with E-state index in [9.17, 15) is 24.3 Å². The number of ether oxygens (including phenoxy) is 1. The standard InChI is InChI=1S/C30H38N6O6/c1-4-14-42-30(41)35-12-10-34(11-13-35)28(38)25(18(2)3)33-27(37)22-15-23(32-26(31-22)19-8-6-5-7-9-19)36-16-20-21(17-36)24(20)29(39)40/h5-9,15,18,20-21,24-25H,4,10-14,16-17H2,1-3H3,(H,33,37)(H,39,40)/t20-,21+,24?,25-/m0/s1. The summed E-state index contributed by atoms with van der Waals surface area (Å²) in [7, 11) is 0. The van der Waals surface area contributed by atoms with Gasteiger partial charge in [0.05, 0.1) is 12.5 Å². The van der Waals surface area contributed by atoms with Crippen LogP contribution in [0, 0.1) is 23.7 Å². The molecule has 3 amide bonds. The van der Waals surface area contributed by atoms with Crippen molar-refractivity contribution >= 4 is 29.7 Å². The van der Waals surface area contributed by atoms with Crippen molar-refractivity contribution in [1.82, 2.24) is 25.1 Å². The monoisotopic (exact) mass is 578 g/mol. The number of aliphatic carboxylic acids is 1. The zero-order valence-corrected chi connectivity index (χ0v) is 24.2. The Labute approximate surface area is 245 Å². The Morgan fingerprint density at radius 1 is 1.00 bits per heavy atom. The average Bonchev–Trinajstić information content (AvgIpc) is 3.52. The minimum absolute atomic E-state index is 0.0758. The zero-order valence-electron chi connectivity index (χ0n) is 24.2. The molecule has 4 atom stereocenters. The van der Waals surface area contributed by atoms with E-state index >= 15 is 0 Å². The molecule has 0 radical (unpaired) electrons. The van der Waals surface area contributed by atoms with Crippen molar-refractivity contribution < 1.29 is 29.0 Å². The lowest BCUT2D eigenvalue weighted by molar-refractivity contribution is -0.139. The first-order valence-electron chi connectivity index (χ1n) is 14.6. The van der Waals surface area contributed by atoms with Gasteiger partial charge >= 0.3 is 12.1 Å². The van der Waals surface area contributed by atoms with E-state index in [1.54, 1.807) is 15.9 Å². The number of piperazine rings is 1. The summed E-state index contributed by atoms with van der Waals surface area (Å²) < 4.78 is 5.21. The number of anilines is 1. The summed E-state index contributed by atoms with van der Waals surface area (Å²) in [5.74, 6) is -0.882. The average molecular weight is 579 g/mol. The molecule has 1 aromatic heterocycles. The molecule has 0 bridgehead atoms. The molecule has 12 nitrogen and oxygen atoms in total. The third-order valence-electron chi connectivity index (χ3n) is 8.28. The molecule has 12 heteroatoms. The van der Waals surface area contributed by atoms with Crippen LogP contribution in [0.5, 0.6) is 0 Å². The maximum Gasteiger partial charge on any atom is 0.409 e. The second-order valence-electron chi connectivity index (χ2n) is 11.5. The Bertz CT molecular complexity index is 1320. The Morgan fingerprint density at radius 2 is 1.64 bits per heavy atom. The lowest BCUT2D eigenvalue weighted by Gasteiger charge is -2.36. The molecule has 1 aliphatic carbocycles. The molecular weight excluding hydrogens is 540 g/mol. The first kappa shape index (κ1) is 29.3. The first-order valence-corrected chi connectivity index (χ1v) is 14.6. The summed E-state index contributed by atoms with van der Waals surface area (Å²) >= 11 is 0. The molecule has 3 aliphatic rings. The summed E-state index contributed by atoms with van der Waals surface area (Å²) in [6.45, 7) is 8.57. The van der Waals surface area contributed by atoms with Crippen LogP contribution in [-0.2, 0) is 14.3 Å². The van der Waals surface area contributed by atoms with Crippen molar-refractivity contribution in [3.63, 3.8) is 0 Å². The summed E-state index contributed by atoms with van der Waals surface area (Å²) in [6.07, 6.45) is 0.366. The van der Waals surface area contributed by atoms with Crippen LogP contribution in [0.1, 0.15) is 37.7 Å². The SMILES string of the molecule is CCCOC(=O)N1CCN(C(=O)[C@@H](NC(=O)c2cc(N3C[C@@H]4C(C(=O)O)[C@@H]4C3)nc(-c3ccccc3)n2)C(C)C)CC1. The predicted octanol–water partition coefficient (Wildman–Crippen LogP) is 2.36. The Kier molecular flexibility index (Phi) is 8.60. The maximum atomic E-state index is 13.6. The fraction of sp³-hybridized carbons (Fsp3) is 0.533. The molecule has 42 heavy (non-hydrogen) atoms. The lowest BCUT2D eigenvalue weighted by Crippen LogP contribution is -2.57. The topological polar surface area (TPSA) is 145 Å². The molecule has 2 N–H and O–H groups in total. The number of benzene rings is 1. The molecule has 2 saturated heterocycles. The van der Waals surface area contributed by atoms with Crippen molar-refractivity contribution in [2.45, 2.75) is 33.2 Å². The van der Waals surface area contributed by atoms with Gasteiger partial charge in [-0.1, -0.05) is 51.1 Å². The van der Waals surface area contributed by atoms with E-state index in [4.69, 9.17) is 9.72 Å². The van der Waals surface area contributed by atoms with Crippen LogP contribution in [0.25, 0.3) is 11.4 Å². The summed E-state index contributed by atoms with van der Waals surface area (Å²) in [4.78, 5) is 65.4. The molecule has 1 unspecified atom stereocenters. The van der Waals surface area contributed by atoms with Crippen LogP contribution >= 0.6 is 0 Å². The normalized spacial score (nSPS) is 22.0.